The minimum atomic E-state index is 0.529. The first-order valence-electron chi connectivity index (χ1n) is 5.98. The minimum absolute atomic E-state index is 0.529. The number of hydrogen-bond donors (Lipinski definition) is 0. The Kier molecular flexibility index (Phi) is 5.24. The van der Waals surface area contributed by atoms with Crippen molar-refractivity contribution in [2.75, 3.05) is 51.3 Å². The van der Waals surface area contributed by atoms with Crippen LogP contribution in [0.4, 0.5) is 5.69 Å². The maximum absolute atomic E-state index is 5.97. The highest BCUT2D eigenvalue weighted by Gasteiger charge is 2.17. The molecule has 0 N–H and O–H groups in total. The number of nitrogens with zero attached hydrogens (tertiary/aromatic N) is 3. The molecule has 1 aliphatic heterocycles. The number of pyridine rings is 1. The molecule has 0 radical (unpaired) electrons. The third-order valence-electron chi connectivity index (χ3n) is 3.10. The molecule has 1 aliphatic rings. The lowest BCUT2D eigenvalue weighted by atomic mass is 10.2. The lowest BCUT2D eigenvalue weighted by Gasteiger charge is -2.36. The molecule has 1 saturated heterocycles. The summed E-state index contributed by atoms with van der Waals surface area (Å²) in [4.78, 5) is 8.86. The first-order valence-corrected chi connectivity index (χ1v) is 7.15. The zero-order chi connectivity index (χ0) is 13.0. The molecule has 0 atom stereocenters. The summed E-state index contributed by atoms with van der Waals surface area (Å²) < 4.78 is 5.88. The van der Waals surface area contributed by atoms with E-state index in [-0.39, 0.29) is 0 Å². The second kappa shape index (κ2) is 6.70. The maximum atomic E-state index is 5.97. The van der Waals surface area contributed by atoms with Crippen LogP contribution >= 0.6 is 27.5 Å². The Morgan fingerprint density at radius 3 is 2.67 bits per heavy atom. The molecule has 0 unspecified atom stereocenters. The number of aromatic nitrogens is 1. The van der Waals surface area contributed by atoms with Crippen molar-refractivity contribution in [3.63, 3.8) is 0 Å². The van der Waals surface area contributed by atoms with Gasteiger partial charge in [-0.2, -0.15) is 0 Å². The first-order chi connectivity index (χ1) is 8.69. The third kappa shape index (κ3) is 3.82. The fourth-order valence-electron chi connectivity index (χ4n) is 2.08. The Bertz CT molecular complexity index is 377. The van der Waals surface area contributed by atoms with Crippen LogP contribution in [-0.2, 0) is 4.74 Å². The molecule has 0 saturated carbocycles. The topological polar surface area (TPSA) is 28.6 Å². The molecule has 100 valence electrons. The second-order valence-corrected chi connectivity index (χ2v) is 5.49. The van der Waals surface area contributed by atoms with E-state index in [4.69, 9.17) is 16.3 Å². The summed E-state index contributed by atoms with van der Waals surface area (Å²) in [7, 11) is 1.74. The summed E-state index contributed by atoms with van der Waals surface area (Å²) in [5.74, 6) is 0. The maximum Gasteiger partial charge on any atom is 0.132 e. The largest absolute Gasteiger partial charge is 0.383 e. The van der Waals surface area contributed by atoms with Crippen molar-refractivity contribution < 1.29 is 4.74 Å². The summed E-state index contributed by atoms with van der Waals surface area (Å²) in [6.07, 6.45) is 0. The standard InChI is InChI=1S/C12H17BrClN3O/c1-18-7-6-16-2-4-17(5-3-16)10-8-11(13)15-12(14)9-10/h8-9H,2-7H2,1H3. The number of methoxy groups -OCH3 is 1. The molecule has 0 aromatic carbocycles. The Balaban J connectivity index is 1.92. The van der Waals surface area contributed by atoms with Gasteiger partial charge in [-0.3, -0.25) is 4.90 Å². The lowest BCUT2D eigenvalue weighted by Crippen LogP contribution is -2.47. The third-order valence-corrected chi connectivity index (χ3v) is 3.70. The summed E-state index contributed by atoms with van der Waals surface area (Å²) >= 11 is 9.35. The molecule has 0 amide bonds. The smallest absolute Gasteiger partial charge is 0.132 e. The fourth-order valence-corrected chi connectivity index (χ4v) is 2.82. The summed E-state index contributed by atoms with van der Waals surface area (Å²) in [6.45, 7) is 5.94. The van der Waals surface area contributed by atoms with Gasteiger partial charge >= 0.3 is 0 Å². The second-order valence-electron chi connectivity index (χ2n) is 4.29. The van der Waals surface area contributed by atoms with Gasteiger partial charge in [0.2, 0.25) is 0 Å². The van der Waals surface area contributed by atoms with Gasteiger partial charge in [0, 0.05) is 45.5 Å². The number of hydrogen-bond acceptors (Lipinski definition) is 4. The normalized spacial score (nSPS) is 17.2. The van der Waals surface area contributed by atoms with E-state index in [0.717, 1.165) is 49.6 Å². The van der Waals surface area contributed by atoms with Crippen LogP contribution in [0.5, 0.6) is 0 Å². The fraction of sp³-hybridized carbons (Fsp3) is 0.583. The Labute approximate surface area is 121 Å². The van der Waals surface area contributed by atoms with Crippen LogP contribution < -0.4 is 4.90 Å². The number of ether oxygens (including phenoxy) is 1. The molecule has 2 heterocycles. The predicted molar refractivity (Wildman–Crippen MR) is 77.5 cm³/mol. The van der Waals surface area contributed by atoms with E-state index >= 15 is 0 Å². The van der Waals surface area contributed by atoms with Gasteiger partial charge in [-0.1, -0.05) is 11.6 Å². The summed E-state index contributed by atoms with van der Waals surface area (Å²) in [5, 5.41) is 0.529. The van der Waals surface area contributed by atoms with Gasteiger partial charge in [0.1, 0.15) is 9.76 Å². The van der Waals surface area contributed by atoms with Crippen LogP contribution in [0.1, 0.15) is 0 Å². The number of rotatable bonds is 4. The quantitative estimate of drug-likeness (QED) is 0.790. The van der Waals surface area contributed by atoms with E-state index in [2.05, 4.69) is 30.7 Å². The Morgan fingerprint density at radius 1 is 1.33 bits per heavy atom. The molecule has 0 aliphatic carbocycles. The number of halogens is 2. The van der Waals surface area contributed by atoms with Crippen molar-refractivity contribution in [3.05, 3.63) is 21.9 Å². The summed E-state index contributed by atoms with van der Waals surface area (Å²) in [6, 6.07) is 3.92. The highest BCUT2D eigenvalue weighted by molar-refractivity contribution is 9.10. The van der Waals surface area contributed by atoms with Crippen LogP contribution in [0.2, 0.25) is 5.15 Å². The van der Waals surface area contributed by atoms with Gasteiger partial charge in [-0.15, -0.1) is 0 Å². The van der Waals surface area contributed by atoms with Crippen molar-refractivity contribution >= 4 is 33.2 Å². The molecule has 0 bridgehead atoms. The predicted octanol–water partition coefficient (Wildman–Crippen LogP) is 2.27. The molecule has 6 heteroatoms. The van der Waals surface area contributed by atoms with E-state index in [1.807, 2.05) is 12.1 Å². The average molecular weight is 335 g/mol. The highest BCUT2D eigenvalue weighted by Crippen LogP contribution is 2.23. The van der Waals surface area contributed by atoms with Crippen LogP contribution in [0.25, 0.3) is 0 Å². The van der Waals surface area contributed by atoms with Crippen LogP contribution in [0, 0.1) is 0 Å². The van der Waals surface area contributed by atoms with Crippen LogP contribution in [-0.4, -0.2) is 56.3 Å². The molecule has 4 nitrogen and oxygen atoms in total. The molecular weight excluding hydrogens is 318 g/mol. The van der Waals surface area contributed by atoms with Crippen molar-refractivity contribution in [1.82, 2.24) is 9.88 Å². The molecule has 0 spiro atoms. The Hall–Kier alpha value is -0.360. The van der Waals surface area contributed by atoms with Crippen molar-refractivity contribution in [3.8, 4) is 0 Å². The average Bonchev–Trinajstić information content (AvgIpc) is 2.36. The first kappa shape index (κ1) is 14.1. The summed E-state index contributed by atoms with van der Waals surface area (Å²) in [5.41, 5.74) is 1.13. The van der Waals surface area contributed by atoms with Gasteiger partial charge < -0.3 is 9.64 Å². The Morgan fingerprint density at radius 2 is 2.06 bits per heavy atom. The van der Waals surface area contributed by atoms with E-state index in [1.54, 1.807) is 7.11 Å². The molecule has 1 aromatic rings. The zero-order valence-electron chi connectivity index (χ0n) is 10.4. The highest BCUT2D eigenvalue weighted by atomic mass is 79.9. The van der Waals surface area contributed by atoms with Gasteiger partial charge in [0.05, 0.1) is 6.61 Å². The molecule has 2 rings (SSSR count). The van der Waals surface area contributed by atoms with Crippen LogP contribution in [0.3, 0.4) is 0 Å². The van der Waals surface area contributed by atoms with Gasteiger partial charge in [0.25, 0.3) is 0 Å². The molecule has 18 heavy (non-hydrogen) atoms. The van der Waals surface area contributed by atoms with Gasteiger partial charge in [0.15, 0.2) is 0 Å². The molecule has 1 fully saturated rings. The van der Waals surface area contributed by atoms with E-state index in [0.29, 0.717) is 5.15 Å². The van der Waals surface area contributed by atoms with Crippen molar-refractivity contribution in [2.24, 2.45) is 0 Å². The SMILES string of the molecule is COCCN1CCN(c2cc(Cl)nc(Br)c2)CC1. The van der Waals surface area contributed by atoms with Gasteiger partial charge in [-0.05, 0) is 28.1 Å². The van der Waals surface area contributed by atoms with E-state index in [9.17, 15) is 0 Å². The van der Waals surface area contributed by atoms with Crippen molar-refractivity contribution in [2.45, 2.75) is 0 Å². The molecular formula is C12H17BrClN3O. The van der Waals surface area contributed by atoms with E-state index in [1.165, 1.54) is 0 Å². The molecule has 1 aromatic heterocycles. The lowest BCUT2D eigenvalue weighted by molar-refractivity contribution is 0.144. The van der Waals surface area contributed by atoms with E-state index < -0.39 is 0 Å². The zero-order valence-corrected chi connectivity index (χ0v) is 12.7. The number of anilines is 1. The monoisotopic (exact) mass is 333 g/mol. The number of piperazine rings is 1. The van der Waals surface area contributed by atoms with Crippen molar-refractivity contribution in [1.29, 1.82) is 0 Å². The minimum Gasteiger partial charge on any atom is -0.383 e. The van der Waals surface area contributed by atoms with Gasteiger partial charge in [-0.25, -0.2) is 4.98 Å². The van der Waals surface area contributed by atoms with Crippen LogP contribution in [0.15, 0.2) is 16.7 Å².